The Hall–Kier alpha value is -4.21. The molecule has 9 heteroatoms. The Morgan fingerprint density at radius 3 is 2.18 bits per heavy atom. The first-order chi connectivity index (χ1) is 18.5. The van der Waals surface area contributed by atoms with Crippen molar-refractivity contribution in [3.05, 3.63) is 125 Å². The number of nitrogens with zero attached hydrogens (tertiary/aromatic N) is 1. The van der Waals surface area contributed by atoms with Crippen LogP contribution >= 0.6 is 27.7 Å². The van der Waals surface area contributed by atoms with Crippen molar-refractivity contribution in [1.29, 1.82) is 0 Å². The Morgan fingerprint density at radius 2 is 1.50 bits per heavy atom. The lowest BCUT2D eigenvalue weighted by atomic mass is 10.2. The van der Waals surface area contributed by atoms with E-state index in [-0.39, 0.29) is 17.4 Å². The molecule has 38 heavy (non-hydrogen) atoms. The van der Waals surface area contributed by atoms with Crippen LogP contribution in [0.4, 0.5) is 11.4 Å². The molecule has 0 aliphatic carbocycles. The number of carbonyl (C=O) groups is 3. The van der Waals surface area contributed by atoms with Crippen molar-refractivity contribution in [2.75, 3.05) is 16.4 Å². The molecule has 0 fully saturated rings. The molecular formula is C29H23BrN4O3S. The number of halogens is 1. The number of pyridine rings is 1. The van der Waals surface area contributed by atoms with Gasteiger partial charge < -0.3 is 16.0 Å². The number of hydrogen-bond donors (Lipinski definition) is 3. The quantitative estimate of drug-likeness (QED) is 0.165. The number of rotatable bonds is 9. The minimum atomic E-state index is -0.479. The van der Waals surface area contributed by atoms with E-state index < -0.39 is 11.8 Å². The average Bonchev–Trinajstić information content (AvgIpc) is 2.94. The van der Waals surface area contributed by atoms with Crippen molar-refractivity contribution < 1.29 is 14.4 Å². The van der Waals surface area contributed by atoms with Gasteiger partial charge in [-0.3, -0.25) is 19.4 Å². The van der Waals surface area contributed by atoms with Crippen molar-refractivity contribution in [2.24, 2.45) is 0 Å². The number of amides is 3. The molecule has 0 aliphatic heterocycles. The summed E-state index contributed by atoms with van der Waals surface area (Å²) in [6.45, 7) is 0. The molecule has 1 heterocycles. The molecule has 0 aliphatic rings. The van der Waals surface area contributed by atoms with Gasteiger partial charge in [-0.1, -0.05) is 40.2 Å². The lowest BCUT2D eigenvalue weighted by molar-refractivity contribution is -0.114. The van der Waals surface area contributed by atoms with Crippen molar-refractivity contribution in [3.63, 3.8) is 0 Å². The number of carbonyl (C=O) groups excluding carboxylic acids is 3. The monoisotopic (exact) mass is 586 g/mol. The van der Waals surface area contributed by atoms with Crippen LogP contribution in [0, 0.1) is 0 Å². The highest BCUT2D eigenvalue weighted by atomic mass is 79.9. The van der Waals surface area contributed by atoms with Gasteiger partial charge in [0, 0.05) is 38.7 Å². The summed E-state index contributed by atoms with van der Waals surface area (Å²) >= 11 is 4.75. The Labute approximate surface area is 232 Å². The van der Waals surface area contributed by atoms with Gasteiger partial charge in [0.2, 0.25) is 5.91 Å². The average molecular weight is 587 g/mol. The molecule has 190 valence electrons. The molecule has 4 aromatic rings. The van der Waals surface area contributed by atoms with Crippen LogP contribution in [0.15, 0.2) is 118 Å². The third-order valence-corrected chi connectivity index (χ3v) is 6.68. The smallest absolute Gasteiger partial charge is 0.272 e. The predicted molar refractivity (Wildman–Crippen MR) is 155 cm³/mol. The fraction of sp³-hybridized carbons (Fsp3) is 0.0345. The van der Waals surface area contributed by atoms with Gasteiger partial charge in [-0.15, -0.1) is 11.8 Å². The van der Waals surface area contributed by atoms with E-state index in [1.807, 2.05) is 42.5 Å². The Kier molecular flexibility index (Phi) is 9.44. The van der Waals surface area contributed by atoms with E-state index in [1.54, 1.807) is 67.0 Å². The summed E-state index contributed by atoms with van der Waals surface area (Å²) in [7, 11) is 0. The van der Waals surface area contributed by atoms with Crippen LogP contribution in [-0.4, -0.2) is 28.5 Å². The first-order valence-corrected chi connectivity index (χ1v) is 13.3. The fourth-order valence-corrected chi connectivity index (χ4v) is 4.25. The van der Waals surface area contributed by atoms with Gasteiger partial charge in [0.1, 0.15) is 5.70 Å². The maximum atomic E-state index is 13.1. The zero-order chi connectivity index (χ0) is 26.7. The second kappa shape index (κ2) is 13.4. The largest absolute Gasteiger partial charge is 0.325 e. The van der Waals surface area contributed by atoms with Crippen LogP contribution in [0.3, 0.4) is 0 Å². The van der Waals surface area contributed by atoms with Crippen LogP contribution in [0.2, 0.25) is 0 Å². The molecule has 0 unspecified atom stereocenters. The molecule has 0 bridgehead atoms. The first kappa shape index (κ1) is 26.8. The third-order valence-electron chi connectivity index (χ3n) is 5.13. The van der Waals surface area contributed by atoms with Crippen molar-refractivity contribution in [3.8, 4) is 0 Å². The van der Waals surface area contributed by atoms with E-state index >= 15 is 0 Å². The zero-order valence-electron chi connectivity index (χ0n) is 20.1. The Morgan fingerprint density at radius 1 is 0.816 bits per heavy atom. The molecule has 4 rings (SSSR count). The molecule has 0 atom stereocenters. The molecule has 0 radical (unpaired) electrons. The molecule has 3 N–H and O–H groups in total. The minimum absolute atomic E-state index is 0.0786. The topological polar surface area (TPSA) is 100 Å². The number of anilines is 2. The van der Waals surface area contributed by atoms with E-state index in [0.717, 1.165) is 15.1 Å². The molecule has 7 nitrogen and oxygen atoms in total. The van der Waals surface area contributed by atoms with Crippen molar-refractivity contribution in [1.82, 2.24) is 10.3 Å². The molecule has 0 spiro atoms. The molecule has 3 aromatic carbocycles. The van der Waals surface area contributed by atoms with Crippen molar-refractivity contribution >= 4 is 62.9 Å². The normalized spacial score (nSPS) is 10.9. The minimum Gasteiger partial charge on any atom is -0.325 e. The van der Waals surface area contributed by atoms with E-state index in [1.165, 1.54) is 11.8 Å². The van der Waals surface area contributed by atoms with Gasteiger partial charge in [0.05, 0.1) is 5.75 Å². The number of hydrogen-bond acceptors (Lipinski definition) is 5. The van der Waals surface area contributed by atoms with E-state index in [9.17, 15) is 14.4 Å². The zero-order valence-corrected chi connectivity index (χ0v) is 22.5. The Balaban J connectivity index is 1.38. The summed E-state index contributed by atoms with van der Waals surface area (Å²) in [6.07, 6.45) is 4.79. The van der Waals surface area contributed by atoms with Crippen LogP contribution in [0.1, 0.15) is 15.9 Å². The molecular weight excluding hydrogens is 564 g/mol. The van der Waals surface area contributed by atoms with Gasteiger partial charge in [-0.05, 0) is 78.4 Å². The van der Waals surface area contributed by atoms with E-state index in [2.05, 4.69) is 36.9 Å². The van der Waals surface area contributed by atoms with Crippen LogP contribution in [0.5, 0.6) is 0 Å². The van der Waals surface area contributed by atoms with Gasteiger partial charge in [0.25, 0.3) is 11.8 Å². The van der Waals surface area contributed by atoms with Gasteiger partial charge >= 0.3 is 0 Å². The summed E-state index contributed by atoms with van der Waals surface area (Å²) < 4.78 is 0.940. The summed E-state index contributed by atoms with van der Waals surface area (Å²) in [5.74, 6) is -0.754. The maximum Gasteiger partial charge on any atom is 0.272 e. The number of thioether (sulfide) groups is 1. The first-order valence-electron chi connectivity index (χ1n) is 11.5. The second-order valence-corrected chi connectivity index (χ2v) is 9.95. The SMILES string of the molecule is O=C(CSc1ccc(NC(=O)/C(=C/c2cccnc2)NC(=O)c2ccccc2)cc1)Nc1ccc(Br)cc1. The molecule has 0 saturated heterocycles. The number of nitrogens with one attached hydrogen (secondary N) is 3. The fourth-order valence-electron chi connectivity index (χ4n) is 3.28. The number of benzene rings is 3. The molecule has 0 saturated carbocycles. The lowest BCUT2D eigenvalue weighted by Gasteiger charge is -2.12. The predicted octanol–water partition coefficient (Wildman–Crippen LogP) is 5.98. The third kappa shape index (κ3) is 8.16. The highest BCUT2D eigenvalue weighted by Crippen LogP contribution is 2.22. The van der Waals surface area contributed by atoms with Crippen molar-refractivity contribution in [2.45, 2.75) is 4.90 Å². The summed E-state index contributed by atoms with van der Waals surface area (Å²) in [5, 5.41) is 8.37. The van der Waals surface area contributed by atoms with Gasteiger partial charge in [-0.2, -0.15) is 0 Å². The van der Waals surface area contributed by atoms with Gasteiger partial charge in [0.15, 0.2) is 0 Å². The summed E-state index contributed by atoms with van der Waals surface area (Å²) in [4.78, 5) is 43.0. The lowest BCUT2D eigenvalue weighted by Crippen LogP contribution is -2.30. The summed E-state index contributed by atoms with van der Waals surface area (Å²) in [6, 6.07) is 26.7. The highest BCUT2D eigenvalue weighted by Gasteiger charge is 2.15. The van der Waals surface area contributed by atoms with Gasteiger partial charge in [-0.25, -0.2) is 0 Å². The van der Waals surface area contributed by atoms with Crippen LogP contribution in [0.25, 0.3) is 6.08 Å². The summed E-state index contributed by atoms with van der Waals surface area (Å²) in [5.41, 5.74) is 2.45. The maximum absolute atomic E-state index is 13.1. The van der Waals surface area contributed by atoms with Crippen LogP contribution in [-0.2, 0) is 9.59 Å². The highest BCUT2D eigenvalue weighted by molar-refractivity contribution is 9.10. The van der Waals surface area contributed by atoms with E-state index in [4.69, 9.17) is 0 Å². The number of aromatic nitrogens is 1. The molecule has 1 aromatic heterocycles. The van der Waals surface area contributed by atoms with Crippen LogP contribution < -0.4 is 16.0 Å². The molecule has 3 amide bonds. The van der Waals surface area contributed by atoms with E-state index in [0.29, 0.717) is 16.8 Å². The second-order valence-electron chi connectivity index (χ2n) is 7.99. The standard InChI is InChI=1S/C29H23BrN4O3S/c30-22-8-10-23(11-9-22)32-27(35)19-38-25-14-12-24(13-15-25)33-29(37)26(17-20-5-4-16-31-18-20)34-28(36)21-6-2-1-3-7-21/h1-18H,19H2,(H,32,35)(H,33,37)(H,34,36)/b26-17-. The Bertz CT molecular complexity index is 1430.